The summed E-state index contributed by atoms with van der Waals surface area (Å²) in [6, 6.07) is 3.13. The van der Waals surface area contributed by atoms with Crippen LogP contribution in [0.1, 0.15) is 18.1 Å². The molecule has 0 heterocycles. The highest BCUT2D eigenvalue weighted by molar-refractivity contribution is 7.89. The number of rotatable bonds is 5. The lowest BCUT2D eigenvalue weighted by atomic mass is 10.1. The van der Waals surface area contributed by atoms with E-state index in [2.05, 4.69) is 4.72 Å². The first kappa shape index (κ1) is 14.9. The molecular weight excluding hydrogens is 254 g/mol. The van der Waals surface area contributed by atoms with Crippen LogP contribution in [0.2, 0.25) is 0 Å². The summed E-state index contributed by atoms with van der Waals surface area (Å²) >= 11 is 0. The Balaban J connectivity index is 3.14. The average molecular weight is 273 g/mol. The average Bonchev–Trinajstić information content (AvgIpc) is 2.30. The van der Waals surface area contributed by atoms with Crippen molar-refractivity contribution < 1.29 is 18.3 Å². The van der Waals surface area contributed by atoms with Crippen LogP contribution >= 0.6 is 0 Å². The topological polar surface area (TPSA) is 75.6 Å². The van der Waals surface area contributed by atoms with E-state index in [1.54, 1.807) is 20.1 Å². The minimum Gasteiger partial charge on any atom is -0.496 e. The lowest BCUT2D eigenvalue weighted by molar-refractivity contribution is 0.198. The predicted molar refractivity (Wildman–Crippen MR) is 69.3 cm³/mol. The smallest absolute Gasteiger partial charge is 0.240 e. The van der Waals surface area contributed by atoms with E-state index in [1.807, 2.05) is 6.92 Å². The number of ether oxygens (including phenoxy) is 1. The van der Waals surface area contributed by atoms with Gasteiger partial charge in [-0.05, 0) is 44.0 Å². The van der Waals surface area contributed by atoms with Gasteiger partial charge >= 0.3 is 0 Å². The minimum atomic E-state index is -3.60. The van der Waals surface area contributed by atoms with Gasteiger partial charge in [0.25, 0.3) is 0 Å². The number of benzene rings is 1. The van der Waals surface area contributed by atoms with Crippen LogP contribution in [0.4, 0.5) is 0 Å². The SMILES string of the molecule is COc1ccc(S(=O)(=O)NCC(C)O)c(C)c1C. The van der Waals surface area contributed by atoms with E-state index in [1.165, 1.54) is 13.0 Å². The number of aliphatic hydroxyl groups is 1. The molecule has 1 aromatic rings. The van der Waals surface area contributed by atoms with Gasteiger partial charge in [0.15, 0.2) is 0 Å². The molecule has 2 N–H and O–H groups in total. The van der Waals surface area contributed by atoms with Crippen LogP contribution in [0.15, 0.2) is 17.0 Å². The second-order valence-electron chi connectivity index (χ2n) is 4.22. The zero-order valence-electron chi connectivity index (χ0n) is 11.0. The molecule has 0 aliphatic rings. The molecule has 18 heavy (non-hydrogen) atoms. The highest BCUT2D eigenvalue weighted by Crippen LogP contribution is 2.26. The maximum atomic E-state index is 12.0. The van der Waals surface area contributed by atoms with E-state index in [0.29, 0.717) is 11.3 Å². The van der Waals surface area contributed by atoms with Gasteiger partial charge in [0.1, 0.15) is 5.75 Å². The van der Waals surface area contributed by atoms with Crippen LogP contribution in [0, 0.1) is 13.8 Å². The van der Waals surface area contributed by atoms with E-state index in [-0.39, 0.29) is 11.4 Å². The third-order valence-electron chi connectivity index (χ3n) is 2.77. The van der Waals surface area contributed by atoms with E-state index in [9.17, 15) is 8.42 Å². The van der Waals surface area contributed by atoms with Crippen LogP contribution in [0.25, 0.3) is 0 Å². The molecule has 102 valence electrons. The molecule has 0 aliphatic carbocycles. The predicted octanol–water partition coefficient (Wildman–Crippen LogP) is 0.971. The highest BCUT2D eigenvalue weighted by Gasteiger charge is 2.19. The molecule has 0 spiro atoms. The van der Waals surface area contributed by atoms with Crippen LogP contribution < -0.4 is 9.46 Å². The summed E-state index contributed by atoms with van der Waals surface area (Å²) in [7, 11) is -2.06. The maximum Gasteiger partial charge on any atom is 0.240 e. The molecule has 0 amide bonds. The number of aliphatic hydroxyl groups excluding tert-OH is 1. The Labute approximate surface area is 108 Å². The second kappa shape index (κ2) is 5.69. The minimum absolute atomic E-state index is 0.00709. The fourth-order valence-electron chi connectivity index (χ4n) is 1.59. The molecule has 1 unspecified atom stereocenters. The quantitative estimate of drug-likeness (QED) is 0.838. The molecule has 0 aromatic heterocycles. The Hall–Kier alpha value is -1.11. The van der Waals surface area contributed by atoms with E-state index >= 15 is 0 Å². The lowest BCUT2D eigenvalue weighted by Crippen LogP contribution is -2.31. The van der Waals surface area contributed by atoms with Gasteiger partial charge in [-0.15, -0.1) is 0 Å². The van der Waals surface area contributed by atoms with Crippen LogP contribution in [-0.2, 0) is 10.0 Å². The van der Waals surface area contributed by atoms with Crippen molar-refractivity contribution >= 4 is 10.0 Å². The van der Waals surface area contributed by atoms with Crippen molar-refractivity contribution in [1.82, 2.24) is 4.72 Å². The van der Waals surface area contributed by atoms with Crippen LogP contribution in [0.3, 0.4) is 0 Å². The van der Waals surface area contributed by atoms with Gasteiger partial charge in [-0.25, -0.2) is 13.1 Å². The number of hydrogen-bond donors (Lipinski definition) is 2. The van der Waals surface area contributed by atoms with Crippen LogP contribution in [-0.4, -0.2) is 33.3 Å². The lowest BCUT2D eigenvalue weighted by Gasteiger charge is -2.14. The van der Waals surface area contributed by atoms with E-state index in [0.717, 1.165) is 5.56 Å². The summed E-state index contributed by atoms with van der Waals surface area (Å²) in [5.74, 6) is 0.655. The van der Waals surface area contributed by atoms with Crippen molar-refractivity contribution in [3.05, 3.63) is 23.3 Å². The molecule has 0 radical (unpaired) electrons. The standard InChI is InChI=1S/C12H19NO4S/c1-8(14)7-13-18(15,16)12-6-5-11(17-4)9(2)10(12)3/h5-6,8,13-14H,7H2,1-4H3. The molecule has 6 heteroatoms. The fraction of sp³-hybridized carbons (Fsp3) is 0.500. The summed E-state index contributed by atoms with van der Waals surface area (Å²) in [5.41, 5.74) is 1.44. The Morgan fingerprint density at radius 2 is 1.94 bits per heavy atom. The maximum absolute atomic E-state index is 12.0. The van der Waals surface area contributed by atoms with Gasteiger partial charge in [0.05, 0.1) is 18.1 Å². The Bertz CT molecular complexity index is 523. The molecule has 1 aromatic carbocycles. The molecule has 5 nitrogen and oxygen atoms in total. The zero-order valence-corrected chi connectivity index (χ0v) is 11.8. The summed E-state index contributed by atoms with van der Waals surface area (Å²) in [6.45, 7) is 5.05. The van der Waals surface area contributed by atoms with Crippen molar-refractivity contribution in [2.24, 2.45) is 0 Å². The Kier molecular flexibility index (Phi) is 4.72. The Morgan fingerprint density at radius 3 is 2.44 bits per heavy atom. The first-order valence-electron chi connectivity index (χ1n) is 5.61. The summed E-state index contributed by atoms with van der Waals surface area (Å²) in [5, 5.41) is 9.12. The van der Waals surface area contributed by atoms with Crippen LogP contribution in [0.5, 0.6) is 5.75 Å². The third-order valence-corrected chi connectivity index (χ3v) is 4.33. The van der Waals surface area contributed by atoms with Crippen molar-refractivity contribution in [3.63, 3.8) is 0 Å². The third kappa shape index (κ3) is 3.22. The second-order valence-corrected chi connectivity index (χ2v) is 5.95. The van der Waals surface area contributed by atoms with Gasteiger partial charge in [-0.2, -0.15) is 0 Å². The summed E-state index contributed by atoms with van der Waals surface area (Å²) in [6.07, 6.45) is -0.723. The summed E-state index contributed by atoms with van der Waals surface area (Å²) < 4.78 is 31.6. The number of sulfonamides is 1. The highest BCUT2D eigenvalue weighted by atomic mass is 32.2. The van der Waals surface area contributed by atoms with Crippen molar-refractivity contribution in [3.8, 4) is 5.75 Å². The largest absolute Gasteiger partial charge is 0.496 e. The van der Waals surface area contributed by atoms with Gasteiger partial charge < -0.3 is 9.84 Å². The van der Waals surface area contributed by atoms with E-state index < -0.39 is 16.1 Å². The van der Waals surface area contributed by atoms with Crippen molar-refractivity contribution in [2.75, 3.05) is 13.7 Å². The summed E-state index contributed by atoms with van der Waals surface area (Å²) in [4.78, 5) is 0.210. The normalized spacial score (nSPS) is 13.4. The molecule has 0 fully saturated rings. The molecule has 1 atom stereocenters. The number of methoxy groups -OCH3 is 1. The Morgan fingerprint density at radius 1 is 1.33 bits per heavy atom. The molecule has 0 aliphatic heterocycles. The first-order valence-corrected chi connectivity index (χ1v) is 7.10. The molecule has 1 rings (SSSR count). The number of nitrogens with one attached hydrogen (secondary N) is 1. The van der Waals surface area contributed by atoms with Gasteiger partial charge in [-0.1, -0.05) is 0 Å². The first-order chi connectivity index (χ1) is 8.29. The van der Waals surface area contributed by atoms with Gasteiger partial charge in [0.2, 0.25) is 10.0 Å². The monoisotopic (exact) mass is 273 g/mol. The zero-order chi connectivity index (χ0) is 13.9. The van der Waals surface area contributed by atoms with Gasteiger partial charge in [0, 0.05) is 6.54 Å². The van der Waals surface area contributed by atoms with Crippen molar-refractivity contribution in [2.45, 2.75) is 31.8 Å². The van der Waals surface area contributed by atoms with Gasteiger partial charge in [-0.3, -0.25) is 0 Å². The molecule has 0 bridgehead atoms. The fourth-order valence-corrected chi connectivity index (χ4v) is 3.01. The van der Waals surface area contributed by atoms with Crippen molar-refractivity contribution in [1.29, 1.82) is 0 Å². The number of hydrogen-bond acceptors (Lipinski definition) is 4. The molecule has 0 saturated carbocycles. The molecular formula is C12H19NO4S. The van der Waals surface area contributed by atoms with E-state index in [4.69, 9.17) is 9.84 Å². The molecule has 0 saturated heterocycles.